The molecule has 2 aromatic rings. The minimum atomic E-state index is -0.919. The minimum Gasteiger partial charge on any atom is -0.466 e. The van der Waals surface area contributed by atoms with E-state index in [-0.39, 0.29) is 12.4 Å². The fourth-order valence-corrected chi connectivity index (χ4v) is 2.30. The molecule has 3 nitrogen and oxygen atoms in total. The van der Waals surface area contributed by atoms with Crippen molar-refractivity contribution in [2.75, 3.05) is 6.61 Å². The molecule has 0 aliphatic rings. The molecular formula is C13H11F2NO2S. The summed E-state index contributed by atoms with van der Waals surface area (Å²) >= 11 is 1.28. The molecule has 1 heterocycles. The maximum absolute atomic E-state index is 13.1. The van der Waals surface area contributed by atoms with Gasteiger partial charge in [-0.25, -0.2) is 13.8 Å². The molecule has 0 aliphatic heterocycles. The highest BCUT2D eigenvalue weighted by Gasteiger charge is 2.11. The van der Waals surface area contributed by atoms with Crippen LogP contribution < -0.4 is 0 Å². The number of nitrogens with zero attached hydrogens (tertiary/aromatic N) is 1. The van der Waals surface area contributed by atoms with Crippen LogP contribution in [0, 0.1) is 11.6 Å². The summed E-state index contributed by atoms with van der Waals surface area (Å²) in [6.45, 7) is 2.05. The molecule has 0 fully saturated rings. The number of thiazole rings is 1. The van der Waals surface area contributed by atoms with E-state index in [2.05, 4.69) is 4.98 Å². The lowest BCUT2D eigenvalue weighted by atomic mass is 10.1. The van der Waals surface area contributed by atoms with Crippen LogP contribution in [0.1, 0.15) is 11.9 Å². The molecule has 1 aromatic carbocycles. The van der Waals surface area contributed by atoms with Crippen molar-refractivity contribution < 1.29 is 18.3 Å². The summed E-state index contributed by atoms with van der Waals surface area (Å²) in [5, 5.41) is 2.28. The average molecular weight is 283 g/mol. The molecular weight excluding hydrogens is 272 g/mol. The Balaban J connectivity index is 2.16. The molecule has 0 bridgehead atoms. The van der Waals surface area contributed by atoms with E-state index in [9.17, 15) is 13.6 Å². The normalized spacial score (nSPS) is 10.5. The Bertz CT molecular complexity index is 598. The second-order valence-corrected chi connectivity index (χ2v) is 4.68. The topological polar surface area (TPSA) is 39.2 Å². The van der Waals surface area contributed by atoms with Crippen LogP contribution in [0.25, 0.3) is 11.3 Å². The molecule has 0 N–H and O–H groups in total. The zero-order valence-electron chi connectivity index (χ0n) is 10.2. The van der Waals surface area contributed by atoms with Crippen molar-refractivity contribution in [3.63, 3.8) is 0 Å². The lowest BCUT2D eigenvalue weighted by Crippen LogP contribution is -2.07. The Hall–Kier alpha value is -1.82. The van der Waals surface area contributed by atoms with E-state index in [0.717, 1.165) is 12.1 Å². The Morgan fingerprint density at radius 3 is 2.84 bits per heavy atom. The summed E-state index contributed by atoms with van der Waals surface area (Å²) in [7, 11) is 0. The molecule has 19 heavy (non-hydrogen) atoms. The zero-order chi connectivity index (χ0) is 13.8. The first kappa shape index (κ1) is 13.6. The number of halogens is 2. The van der Waals surface area contributed by atoms with Crippen LogP contribution in [-0.4, -0.2) is 17.6 Å². The van der Waals surface area contributed by atoms with Crippen molar-refractivity contribution in [2.24, 2.45) is 0 Å². The van der Waals surface area contributed by atoms with Crippen LogP contribution in [-0.2, 0) is 16.0 Å². The fraction of sp³-hybridized carbons (Fsp3) is 0.231. The van der Waals surface area contributed by atoms with Crippen molar-refractivity contribution in [3.8, 4) is 11.3 Å². The third-order valence-electron chi connectivity index (χ3n) is 2.37. The second kappa shape index (κ2) is 5.88. The highest BCUT2D eigenvalue weighted by Crippen LogP contribution is 2.23. The van der Waals surface area contributed by atoms with Crippen LogP contribution in [0.2, 0.25) is 0 Å². The zero-order valence-corrected chi connectivity index (χ0v) is 11.0. The van der Waals surface area contributed by atoms with Gasteiger partial charge in [0.2, 0.25) is 0 Å². The van der Waals surface area contributed by atoms with Crippen LogP contribution in [0.4, 0.5) is 8.78 Å². The van der Waals surface area contributed by atoms with E-state index in [4.69, 9.17) is 4.74 Å². The molecule has 100 valence electrons. The first-order valence-electron chi connectivity index (χ1n) is 5.65. The third kappa shape index (κ3) is 3.35. The number of rotatable bonds is 4. The van der Waals surface area contributed by atoms with Crippen molar-refractivity contribution in [1.82, 2.24) is 4.98 Å². The van der Waals surface area contributed by atoms with E-state index in [0.29, 0.717) is 22.9 Å². The van der Waals surface area contributed by atoms with Gasteiger partial charge < -0.3 is 4.74 Å². The molecule has 0 unspecified atom stereocenters. The molecule has 6 heteroatoms. The Morgan fingerprint density at radius 2 is 2.16 bits per heavy atom. The van der Waals surface area contributed by atoms with Gasteiger partial charge in [-0.1, -0.05) is 0 Å². The van der Waals surface area contributed by atoms with Gasteiger partial charge in [-0.3, -0.25) is 4.79 Å². The molecule has 1 aromatic heterocycles. The van der Waals surface area contributed by atoms with Crippen LogP contribution in [0.3, 0.4) is 0 Å². The maximum Gasteiger partial charge on any atom is 0.312 e. The summed E-state index contributed by atoms with van der Waals surface area (Å²) in [5.74, 6) is -2.17. The van der Waals surface area contributed by atoms with Gasteiger partial charge in [0.15, 0.2) is 11.6 Å². The van der Waals surface area contributed by atoms with E-state index in [1.165, 1.54) is 17.4 Å². The average Bonchev–Trinajstić information content (AvgIpc) is 2.81. The molecule has 2 rings (SSSR count). The summed E-state index contributed by atoms with van der Waals surface area (Å²) in [6, 6.07) is 3.58. The molecule has 0 atom stereocenters. The van der Waals surface area contributed by atoms with Gasteiger partial charge in [-0.05, 0) is 25.1 Å². The van der Waals surface area contributed by atoms with Gasteiger partial charge in [-0.2, -0.15) is 0 Å². The molecule has 0 radical (unpaired) electrons. The van der Waals surface area contributed by atoms with E-state index >= 15 is 0 Å². The van der Waals surface area contributed by atoms with Crippen molar-refractivity contribution in [2.45, 2.75) is 13.3 Å². The maximum atomic E-state index is 13.1. The van der Waals surface area contributed by atoms with Gasteiger partial charge in [0.05, 0.1) is 18.7 Å². The van der Waals surface area contributed by atoms with E-state index < -0.39 is 11.6 Å². The quantitative estimate of drug-likeness (QED) is 0.809. The first-order chi connectivity index (χ1) is 9.10. The Labute approximate surface area is 112 Å². The lowest BCUT2D eigenvalue weighted by molar-refractivity contribution is -0.142. The minimum absolute atomic E-state index is 0.0855. The highest BCUT2D eigenvalue weighted by atomic mass is 32.1. The van der Waals surface area contributed by atoms with E-state index in [1.54, 1.807) is 12.3 Å². The predicted octanol–water partition coefficient (Wildman–Crippen LogP) is 3.19. The molecule has 0 aliphatic carbocycles. The van der Waals surface area contributed by atoms with Crippen LogP contribution >= 0.6 is 11.3 Å². The second-order valence-electron chi connectivity index (χ2n) is 3.74. The number of esters is 1. The summed E-state index contributed by atoms with van der Waals surface area (Å²) in [6.07, 6.45) is 0.0855. The fourth-order valence-electron chi connectivity index (χ4n) is 1.52. The lowest BCUT2D eigenvalue weighted by Gasteiger charge is -1.99. The van der Waals surface area contributed by atoms with Crippen LogP contribution in [0.15, 0.2) is 23.6 Å². The predicted molar refractivity (Wildman–Crippen MR) is 67.8 cm³/mol. The van der Waals surface area contributed by atoms with E-state index in [1.807, 2.05) is 0 Å². The monoisotopic (exact) mass is 283 g/mol. The molecule has 0 amide bonds. The number of carbonyl (C=O) groups excluding carboxylic acids is 1. The van der Waals surface area contributed by atoms with Gasteiger partial charge in [0, 0.05) is 10.9 Å². The number of carbonyl (C=O) groups is 1. The summed E-state index contributed by atoms with van der Waals surface area (Å²) in [4.78, 5) is 15.5. The van der Waals surface area contributed by atoms with Gasteiger partial charge in [0.25, 0.3) is 0 Å². The largest absolute Gasteiger partial charge is 0.466 e. The molecule has 0 saturated heterocycles. The highest BCUT2D eigenvalue weighted by molar-refractivity contribution is 7.10. The Kier molecular flexibility index (Phi) is 4.21. The standard InChI is InChI=1S/C13H11F2NO2S/c1-2-18-13(17)6-12-16-11(7-19-12)8-3-4-9(14)10(15)5-8/h3-5,7H,2,6H2,1H3. The Morgan fingerprint density at radius 1 is 1.37 bits per heavy atom. The third-order valence-corrected chi connectivity index (χ3v) is 3.22. The summed E-state index contributed by atoms with van der Waals surface area (Å²) in [5.41, 5.74) is 0.994. The van der Waals surface area contributed by atoms with Gasteiger partial charge in [-0.15, -0.1) is 11.3 Å². The van der Waals surface area contributed by atoms with Crippen molar-refractivity contribution >= 4 is 17.3 Å². The van der Waals surface area contributed by atoms with Crippen LogP contribution in [0.5, 0.6) is 0 Å². The van der Waals surface area contributed by atoms with Crippen molar-refractivity contribution in [3.05, 3.63) is 40.2 Å². The number of hydrogen-bond acceptors (Lipinski definition) is 4. The summed E-state index contributed by atoms with van der Waals surface area (Å²) < 4.78 is 30.7. The smallest absolute Gasteiger partial charge is 0.312 e. The number of ether oxygens (including phenoxy) is 1. The number of aromatic nitrogens is 1. The van der Waals surface area contributed by atoms with Crippen molar-refractivity contribution in [1.29, 1.82) is 0 Å². The molecule has 0 saturated carbocycles. The molecule has 0 spiro atoms. The number of benzene rings is 1. The van der Waals surface area contributed by atoms with Gasteiger partial charge in [0.1, 0.15) is 5.01 Å². The number of hydrogen-bond donors (Lipinski definition) is 0. The SMILES string of the molecule is CCOC(=O)Cc1nc(-c2ccc(F)c(F)c2)cs1. The first-order valence-corrected chi connectivity index (χ1v) is 6.53. The van der Waals surface area contributed by atoms with Gasteiger partial charge >= 0.3 is 5.97 Å².